The molecule has 2 heterocycles. The fraction of sp³-hybridized carbons (Fsp3) is 0.417. The van der Waals surface area contributed by atoms with Crippen LogP contribution in [0.3, 0.4) is 0 Å². The van der Waals surface area contributed by atoms with Crippen molar-refractivity contribution in [3.05, 3.63) is 29.2 Å². The highest BCUT2D eigenvalue weighted by molar-refractivity contribution is 6.02. The van der Waals surface area contributed by atoms with E-state index in [0.29, 0.717) is 18.1 Å². The Morgan fingerprint density at radius 2 is 2.28 bits per heavy atom. The van der Waals surface area contributed by atoms with E-state index in [0.717, 1.165) is 17.7 Å². The molecule has 0 atom stereocenters. The first-order chi connectivity index (χ1) is 8.65. The molecule has 0 fully saturated rings. The van der Waals surface area contributed by atoms with Crippen molar-refractivity contribution in [3.8, 4) is 0 Å². The molecule has 6 nitrogen and oxygen atoms in total. The van der Waals surface area contributed by atoms with Gasteiger partial charge in [-0.05, 0) is 26.3 Å². The zero-order valence-corrected chi connectivity index (χ0v) is 10.8. The Hall–Kier alpha value is -2.11. The molecule has 6 heteroatoms. The second-order valence-corrected chi connectivity index (χ2v) is 4.06. The molecule has 0 radical (unpaired) electrons. The lowest BCUT2D eigenvalue weighted by Gasteiger charge is -2.06. The summed E-state index contributed by atoms with van der Waals surface area (Å²) in [6, 6.07) is 1.78. The van der Waals surface area contributed by atoms with Crippen molar-refractivity contribution < 1.29 is 4.79 Å². The van der Waals surface area contributed by atoms with Gasteiger partial charge in [0.15, 0.2) is 0 Å². The molecule has 2 N–H and O–H groups in total. The SMILES string of the molecule is CCc1cn[nH]c1NC(=O)c1cc(C)nn1CC. The number of aryl methyl sites for hydroxylation is 3. The number of rotatable bonds is 4. The topological polar surface area (TPSA) is 75.6 Å². The molecule has 0 aromatic carbocycles. The van der Waals surface area contributed by atoms with Crippen LogP contribution in [0, 0.1) is 6.92 Å². The predicted octanol–water partition coefficient (Wildman–Crippen LogP) is 1.75. The largest absolute Gasteiger partial charge is 0.305 e. The van der Waals surface area contributed by atoms with Crippen LogP contribution >= 0.6 is 0 Å². The molecule has 96 valence electrons. The molecule has 0 aliphatic carbocycles. The summed E-state index contributed by atoms with van der Waals surface area (Å²) in [5, 5.41) is 13.8. The van der Waals surface area contributed by atoms with Crippen LogP contribution in [0.2, 0.25) is 0 Å². The second kappa shape index (κ2) is 5.03. The molecule has 2 aromatic heterocycles. The Kier molecular flexibility index (Phi) is 3.45. The van der Waals surface area contributed by atoms with Gasteiger partial charge in [0.05, 0.1) is 11.9 Å². The summed E-state index contributed by atoms with van der Waals surface area (Å²) in [6.07, 6.45) is 2.54. The van der Waals surface area contributed by atoms with Crippen LogP contribution in [0.1, 0.15) is 35.6 Å². The third-order valence-electron chi connectivity index (χ3n) is 2.77. The van der Waals surface area contributed by atoms with Crippen molar-refractivity contribution in [1.29, 1.82) is 0 Å². The summed E-state index contributed by atoms with van der Waals surface area (Å²) in [5.74, 6) is 0.486. The van der Waals surface area contributed by atoms with Crippen LogP contribution in [0.25, 0.3) is 0 Å². The Labute approximate surface area is 105 Å². The van der Waals surface area contributed by atoms with Crippen LogP contribution < -0.4 is 5.32 Å². The van der Waals surface area contributed by atoms with Crippen LogP contribution in [-0.2, 0) is 13.0 Å². The summed E-state index contributed by atoms with van der Waals surface area (Å²) in [4.78, 5) is 12.2. The van der Waals surface area contributed by atoms with Crippen molar-refractivity contribution in [2.24, 2.45) is 0 Å². The molecule has 1 amide bonds. The van der Waals surface area contributed by atoms with Crippen LogP contribution in [0.15, 0.2) is 12.3 Å². The van der Waals surface area contributed by atoms with Gasteiger partial charge in [-0.2, -0.15) is 10.2 Å². The molecule has 18 heavy (non-hydrogen) atoms. The molecule has 0 unspecified atom stereocenters. The number of aromatic amines is 1. The molecular formula is C12H17N5O. The maximum absolute atomic E-state index is 12.2. The van der Waals surface area contributed by atoms with Crippen LogP contribution in [0.5, 0.6) is 0 Å². The molecule has 0 spiro atoms. The minimum Gasteiger partial charge on any atom is -0.305 e. The maximum Gasteiger partial charge on any atom is 0.275 e. The van der Waals surface area contributed by atoms with Crippen molar-refractivity contribution >= 4 is 11.7 Å². The van der Waals surface area contributed by atoms with Gasteiger partial charge in [0.1, 0.15) is 11.5 Å². The summed E-state index contributed by atoms with van der Waals surface area (Å²) in [6.45, 7) is 6.51. The van der Waals surface area contributed by atoms with Gasteiger partial charge >= 0.3 is 0 Å². The standard InChI is InChI=1S/C12H17N5O/c1-4-9-7-13-15-11(9)14-12(18)10-6-8(3)16-17(10)5-2/h6-7H,4-5H2,1-3H3,(H2,13,14,15,18). The number of hydrogen-bond donors (Lipinski definition) is 2. The number of carbonyl (C=O) groups is 1. The van der Waals surface area contributed by atoms with Gasteiger partial charge in [-0.3, -0.25) is 14.6 Å². The lowest BCUT2D eigenvalue weighted by Crippen LogP contribution is -2.18. The maximum atomic E-state index is 12.2. The lowest BCUT2D eigenvalue weighted by atomic mass is 10.2. The number of carbonyl (C=O) groups excluding carboxylic acids is 1. The van der Waals surface area contributed by atoms with Gasteiger partial charge in [-0.1, -0.05) is 6.92 Å². The molecule has 2 rings (SSSR count). The number of nitrogens with zero attached hydrogens (tertiary/aromatic N) is 3. The van der Waals surface area contributed by atoms with E-state index < -0.39 is 0 Å². The highest BCUT2D eigenvalue weighted by Gasteiger charge is 2.15. The number of hydrogen-bond acceptors (Lipinski definition) is 3. The normalized spacial score (nSPS) is 10.6. The summed E-state index contributed by atoms with van der Waals surface area (Å²) < 4.78 is 1.69. The minimum absolute atomic E-state index is 0.170. The third kappa shape index (κ3) is 2.27. The summed E-state index contributed by atoms with van der Waals surface area (Å²) >= 11 is 0. The number of anilines is 1. The molecular weight excluding hydrogens is 230 g/mol. The van der Waals surface area contributed by atoms with Crippen molar-refractivity contribution in [3.63, 3.8) is 0 Å². The molecule has 0 saturated carbocycles. The highest BCUT2D eigenvalue weighted by Crippen LogP contribution is 2.13. The fourth-order valence-electron chi connectivity index (χ4n) is 1.83. The highest BCUT2D eigenvalue weighted by atomic mass is 16.2. The molecule has 0 saturated heterocycles. The predicted molar refractivity (Wildman–Crippen MR) is 68.6 cm³/mol. The number of nitrogens with one attached hydrogen (secondary N) is 2. The number of H-pyrrole nitrogens is 1. The molecule has 0 aliphatic heterocycles. The Bertz CT molecular complexity index is 555. The van der Waals surface area contributed by atoms with Gasteiger partial charge in [-0.25, -0.2) is 0 Å². The Morgan fingerprint density at radius 1 is 1.50 bits per heavy atom. The molecule has 0 aliphatic rings. The van der Waals surface area contributed by atoms with Gasteiger partial charge in [-0.15, -0.1) is 0 Å². The van der Waals surface area contributed by atoms with E-state index >= 15 is 0 Å². The number of aromatic nitrogens is 4. The van der Waals surface area contributed by atoms with E-state index in [4.69, 9.17) is 0 Å². The van der Waals surface area contributed by atoms with E-state index in [-0.39, 0.29) is 5.91 Å². The van der Waals surface area contributed by atoms with E-state index in [2.05, 4.69) is 20.6 Å². The van der Waals surface area contributed by atoms with E-state index in [9.17, 15) is 4.79 Å². The quantitative estimate of drug-likeness (QED) is 0.864. The van der Waals surface area contributed by atoms with Crippen molar-refractivity contribution in [2.45, 2.75) is 33.7 Å². The minimum atomic E-state index is -0.170. The average Bonchev–Trinajstić information content (AvgIpc) is 2.94. The van der Waals surface area contributed by atoms with Gasteiger partial charge in [0.2, 0.25) is 0 Å². The third-order valence-corrected chi connectivity index (χ3v) is 2.77. The smallest absolute Gasteiger partial charge is 0.275 e. The van der Waals surface area contributed by atoms with Gasteiger partial charge in [0, 0.05) is 12.1 Å². The zero-order chi connectivity index (χ0) is 13.1. The summed E-state index contributed by atoms with van der Waals surface area (Å²) in [7, 11) is 0. The number of amides is 1. The monoisotopic (exact) mass is 247 g/mol. The van der Waals surface area contributed by atoms with Crippen molar-refractivity contribution in [1.82, 2.24) is 20.0 Å². The first kappa shape index (κ1) is 12.3. The zero-order valence-electron chi connectivity index (χ0n) is 10.8. The van der Waals surface area contributed by atoms with E-state index in [1.54, 1.807) is 16.9 Å². The lowest BCUT2D eigenvalue weighted by molar-refractivity contribution is 0.101. The summed E-state index contributed by atoms with van der Waals surface area (Å²) in [5.41, 5.74) is 2.39. The first-order valence-electron chi connectivity index (χ1n) is 6.03. The Balaban J connectivity index is 2.21. The van der Waals surface area contributed by atoms with Crippen LogP contribution in [0.4, 0.5) is 5.82 Å². The first-order valence-corrected chi connectivity index (χ1v) is 6.03. The molecule has 0 bridgehead atoms. The van der Waals surface area contributed by atoms with E-state index in [1.807, 2.05) is 20.8 Å². The van der Waals surface area contributed by atoms with Crippen molar-refractivity contribution in [2.75, 3.05) is 5.32 Å². The Morgan fingerprint density at radius 3 is 2.94 bits per heavy atom. The van der Waals surface area contributed by atoms with Gasteiger partial charge < -0.3 is 5.32 Å². The van der Waals surface area contributed by atoms with Gasteiger partial charge in [0.25, 0.3) is 5.91 Å². The molecule has 2 aromatic rings. The average molecular weight is 247 g/mol. The van der Waals surface area contributed by atoms with Crippen LogP contribution in [-0.4, -0.2) is 25.9 Å². The fourth-order valence-corrected chi connectivity index (χ4v) is 1.83. The second-order valence-electron chi connectivity index (χ2n) is 4.06. The van der Waals surface area contributed by atoms with E-state index in [1.165, 1.54) is 0 Å².